The van der Waals surface area contributed by atoms with Gasteiger partial charge in [0.2, 0.25) is 0 Å². The highest BCUT2D eigenvalue weighted by Crippen LogP contribution is 2.40. The number of aryl methyl sites for hydroxylation is 1. The van der Waals surface area contributed by atoms with Crippen LogP contribution in [0, 0.1) is 5.92 Å². The predicted octanol–water partition coefficient (Wildman–Crippen LogP) is 4.27. The second kappa shape index (κ2) is 5.21. The number of imidazole rings is 1. The highest BCUT2D eigenvalue weighted by Gasteiger charge is 2.27. The molecule has 2 aromatic rings. The Morgan fingerprint density at radius 1 is 1.29 bits per heavy atom. The molecule has 0 radical (unpaired) electrons. The molecule has 0 spiro atoms. The fraction of sp³-hybridized carbons (Fsp3) is 0.500. The second-order valence-corrected chi connectivity index (χ2v) is 6.49. The largest absolute Gasteiger partial charge is 0.384 e. The maximum Gasteiger partial charge on any atom is 0.0953 e. The van der Waals surface area contributed by atoms with Crippen LogP contribution < -0.4 is 5.32 Å². The van der Waals surface area contributed by atoms with Crippen molar-refractivity contribution in [3.05, 3.63) is 36.3 Å². The minimum atomic E-state index is 0.552. The molecule has 21 heavy (non-hydrogen) atoms. The Kier molecular flexibility index (Phi) is 3.21. The van der Waals surface area contributed by atoms with Crippen LogP contribution >= 0.6 is 0 Å². The zero-order chi connectivity index (χ0) is 14.2. The van der Waals surface area contributed by atoms with Crippen molar-refractivity contribution >= 4 is 5.69 Å². The molecule has 110 valence electrons. The number of rotatable bonds is 3. The van der Waals surface area contributed by atoms with E-state index in [9.17, 15) is 0 Å². The van der Waals surface area contributed by atoms with Crippen LogP contribution in [-0.2, 0) is 6.42 Å². The van der Waals surface area contributed by atoms with Crippen molar-refractivity contribution in [2.45, 2.75) is 45.1 Å². The van der Waals surface area contributed by atoms with E-state index in [1.165, 1.54) is 54.6 Å². The normalized spacial score (nSPS) is 19.5. The van der Waals surface area contributed by atoms with Gasteiger partial charge in [0.25, 0.3) is 0 Å². The van der Waals surface area contributed by atoms with Crippen LogP contribution in [0.25, 0.3) is 11.3 Å². The predicted molar refractivity (Wildman–Crippen MR) is 86.5 cm³/mol. The highest BCUT2D eigenvalue weighted by atomic mass is 15.1. The molecular weight excluding hydrogens is 258 g/mol. The van der Waals surface area contributed by atoms with Crippen molar-refractivity contribution in [3.63, 3.8) is 0 Å². The average molecular weight is 281 g/mol. The number of para-hydroxylation sites is 1. The summed E-state index contributed by atoms with van der Waals surface area (Å²) in [4.78, 5) is 4.44. The lowest BCUT2D eigenvalue weighted by molar-refractivity contribution is 0.223. The van der Waals surface area contributed by atoms with Gasteiger partial charge in [-0.25, -0.2) is 4.98 Å². The van der Waals surface area contributed by atoms with E-state index in [4.69, 9.17) is 0 Å². The second-order valence-electron chi connectivity index (χ2n) is 6.49. The van der Waals surface area contributed by atoms with E-state index in [-0.39, 0.29) is 0 Å². The molecule has 2 heterocycles. The third-order valence-electron chi connectivity index (χ3n) is 5.29. The molecular formula is C18H23N3. The number of benzene rings is 1. The Labute approximate surface area is 126 Å². The lowest BCUT2D eigenvalue weighted by atomic mass is 9.80. The molecule has 1 unspecified atom stereocenters. The summed E-state index contributed by atoms with van der Waals surface area (Å²) in [5.74, 6) is 0.824. The van der Waals surface area contributed by atoms with Crippen molar-refractivity contribution in [3.8, 4) is 11.3 Å². The average Bonchev–Trinajstić information content (AvgIpc) is 2.94. The third kappa shape index (κ3) is 2.15. The number of hydrogen-bond acceptors (Lipinski definition) is 2. The minimum absolute atomic E-state index is 0.552. The summed E-state index contributed by atoms with van der Waals surface area (Å²) in [6.45, 7) is 3.42. The number of nitrogens with zero attached hydrogens (tertiary/aromatic N) is 2. The topological polar surface area (TPSA) is 29.9 Å². The van der Waals surface area contributed by atoms with Gasteiger partial charge < -0.3 is 9.88 Å². The first kappa shape index (κ1) is 12.9. The van der Waals surface area contributed by atoms with Crippen molar-refractivity contribution in [1.82, 2.24) is 9.55 Å². The Hall–Kier alpha value is -1.77. The number of fused-ring (bicyclic) bond motifs is 1. The maximum absolute atomic E-state index is 4.44. The van der Waals surface area contributed by atoms with Gasteiger partial charge in [0.1, 0.15) is 0 Å². The molecule has 0 bridgehead atoms. The summed E-state index contributed by atoms with van der Waals surface area (Å²) in [7, 11) is 0. The van der Waals surface area contributed by atoms with Gasteiger partial charge in [0.05, 0.1) is 18.2 Å². The minimum Gasteiger partial charge on any atom is -0.384 e. The zero-order valence-corrected chi connectivity index (χ0v) is 12.7. The summed E-state index contributed by atoms with van der Waals surface area (Å²) < 4.78 is 2.38. The van der Waals surface area contributed by atoms with Crippen LogP contribution in [0.4, 0.5) is 5.69 Å². The molecule has 3 heteroatoms. The summed E-state index contributed by atoms with van der Waals surface area (Å²) in [5.41, 5.74) is 5.35. The van der Waals surface area contributed by atoms with Gasteiger partial charge in [-0.2, -0.15) is 0 Å². The van der Waals surface area contributed by atoms with E-state index in [0.717, 1.165) is 12.5 Å². The Morgan fingerprint density at radius 3 is 3.00 bits per heavy atom. The van der Waals surface area contributed by atoms with E-state index in [1.807, 2.05) is 12.5 Å². The summed E-state index contributed by atoms with van der Waals surface area (Å²) in [6.07, 6.45) is 10.6. The Bertz CT molecular complexity index is 640. The van der Waals surface area contributed by atoms with Crippen LogP contribution in [0.1, 0.15) is 44.2 Å². The monoisotopic (exact) mass is 281 g/mol. The zero-order valence-electron chi connectivity index (χ0n) is 12.7. The van der Waals surface area contributed by atoms with Crippen molar-refractivity contribution in [1.29, 1.82) is 0 Å². The van der Waals surface area contributed by atoms with Gasteiger partial charge in [0.15, 0.2) is 0 Å². The molecule has 0 amide bonds. The summed E-state index contributed by atoms with van der Waals surface area (Å²) in [5, 5.41) is 3.60. The van der Waals surface area contributed by atoms with Crippen molar-refractivity contribution in [2.75, 3.05) is 11.9 Å². The van der Waals surface area contributed by atoms with Gasteiger partial charge in [0, 0.05) is 23.8 Å². The fourth-order valence-electron chi connectivity index (χ4n) is 3.71. The van der Waals surface area contributed by atoms with Crippen LogP contribution in [0.3, 0.4) is 0 Å². The van der Waals surface area contributed by atoms with Gasteiger partial charge >= 0.3 is 0 Å². The lowest BCUT2D eigenvalue weighted by Gasteiger charge is -2.33. The Morgan fingerprint density at radius 2 is 2.19 bits per heavy atom. The van der Waals surface area contributed by atoms with Gasteiger partial charge in [-0.1, -0.05) is 24.6 Å². The fourth-order valence-corrected chi connectivity index (χ4v) is 3.71. The SMILES string of the molecule is CC(C1CCC1)n1cncc1-c1cccc2c1NCCC2. The molecule has 1 aromatic heterocycles. The first-order valence-corrected chi connectivity index (χ1v) is 8.22. The van der Waals surface area contributed by atoms with Crippen molar-refractivity contribution in [2.24, 2.45) is 5.92 Å². The van der Waals surface area contributed by atoms with Gasteiger partial charge in [-0.05, 0) is 44.1 Å². The molecule has 1 N–H and O–H groups in total. The molecule has 3 nitrogen and oxygen atoms in total. The van der Waals surface area contributed by atoms with E-state index in [2.05, 4.69) is 40.0 Å². The van der Waals surface area contributed by atoms with Crippen LogP contribution in [0.5, 0.6) is 0 Å². The Balaban J connectivity index is 1.76. The van der Waals surface area contributed by atoms with Crippen LogP contribution in [0.2, 0.25) is 0 Å². The van der Waals surface area contributed by atoms with Crippen LogP contribution in [0.15, 0.2) is 30.7 Å². The summed E-state index contributed by atoms with van der Waals surface area (Å²) in [6, 6.07) is 7.22. The van der Waals surface area contributed by atoms with Gasteiger partial charge in [-0.3, -0.25) is 0 Å². The van der Waals surface area contributed by atoms with E-state index in [0.29, 0.717) is 6.04 Å². The highest BCUT2D eigenvalue weighted by molar-refractivity contribution is 5.79. The molecule has 1 fully saturated rings. The first-order chi connectivity index (χ1) is 10.3. The summed E-state index contributed by atoms with van der Waals surface area (Å²) >= 11 is 0. The van der Waals surface area contributed by atoms with E-state index < -0.39 is 0 Å². The molecule has 0 saturated heterocycles. The molecule has 4 rings (SSSR count). The number of hydrogen-bond donors (Lipinski definition) is 1. The van der Waals surface area contributed by atoms with Gasteiger partial charge in [-0.15, -0.1) is 0 Å². The smallest absolute Gasteiger partial charge is 0.0953 e. The van der Waals surface area contributed by atoms with Crippen LogP contribution in [-0.4, -0.2) is 16.1 Å². The molecule has 1 atom stereocenters. The van der Waals surface area contributed by atoms with E-state index >= 15 is 0 Å². The first-order valence-electron chi connectivity index (χ1n) is 8.22. The molecule has 1 aliphatic carbocycles. The molecule has 2 aliphatic rings. The van der Waals surface area contributed by atoms with Crippen molar-refractivity contribution < 1.29 is 0 Å². The molecule has 1 aromatic carbocycles. The van der Waals surface area contributed by atoms with E-state index in [1.54, 1.807) is 0 Å². The third-order valence-corrected chi connectivity index (χ3v) is 5.29. The number of anilines is 1. The maximum atomic E-state index is 4.44. The lowest BCUT2D eigenvalue weighted by Crippen LogP contribution is -2.23. The molecule has 1 aliphatic heterocycles. The standard InChI is InChI=1S/C18H23N3/c1-13(14-5-2-6-14)21-12-19-11-17(21)16-9-3-7-15-8-4-10-20-18(15)16/h3,7,9,11-14,20H,2,4-6,8,10H2,1H3. The number of nitrogens with one attached hydrogen (secondary N) is 1. The quantitative estimate of drug-likeness (QED) is 0.910. The molecule has 1 saturated carbocycles. The number of aromatic nitrogens is 2.